The van der Waals surface area contributed by atoms with Gasteiger partial charge in [-0.25, -0.2) is 4.39 Å². The molecule has 0 saturated heterocycles. The fourth-order valence-electron chi connectivity index (χ4n) is 3.54. The van der Waals surface area contributed by atoms with Crippen molar-refractivity contribution < 1.29 is 4.39 Å². The third-order valence-electron chi connectivity index (χ3n) is 4.71. The molecule has 0 aromatic heterocycles. The molecule has 1 aliphatic heterocycles. The Morgan fingerprint density at radius 2 is 2.05 bits per heavy atom. The summed E-state index contributed by atoms with van der Waals surface area (Å²) in [7, 11) is 0. The number of benzene rings is 1. The fourth-order valence-corrected chi connectivity index (χ4v) is 3.54. The molecule has 1 aromatic carbocycles. The molecule has 0 amide bonds. The number of fused-ring (bicyclic) bond motifs is 3. The van der Waals surface area contributed by atoms with Crippen LogP contribution >= 0.6 is 0 Å². The van der Waals surface area contributed by atoms with Crippen LogP contribution < -0.4 is 11.1 Å². The highest BCUT2D eigenvalue weighted by atomic mass is 19.1. The lowest BCUT2D eigenvalue weighted by Gasteiger charge is -2.36. The summed E-state index contributed by atoms with van der Waals surface area (Å²) in [5, 5.41) is 3.50. The molecular formula is C17H21FN2. The summed E-state index contributed by atoms with van der Waals surface area (Å²) in [4.78, 5) is 0. The van der Waals surface area contributed by atoms with Crippen molar-refractivity contribution in [3.8, 4) is 0 Å². The van der Waals surface area contributed by atoms with Crippen molar-refractivity contribution in [3.63, 3.8) is 0 Å². The van der Waals surface area contributed by atoms with E-state index in [1.54, 1.807) is 12.3 Å². The van der Waals surface area contributed by atoms with Crippen LogP contribution in [0.15, 0.2) is 17.8 Å². The molecule has 1 aromatic rings. The van der Waals surface area contributed by atoms with Crippen molar-refractivity contribution in [2.45, 2.75) is 39.7 Å². The van der Waals surface area contributed by atoms with Gasteiger partial charge in [-0.2, -0.15) is 0 Å². The third kappa shape index (κ3) is 1.80. The Labute approximate surface area is 119 Å². The molecule has 1 unspecified atom stereocenters. The molecular weight excluding hydrogens is 251 g/mol. The molecule has 0 radical (unpaired) electrons. The second kappa shape index (κ2) is 4.74. The van der Waals surface area contributed by atoms with E-state index in [1.807, 2.05) is 6.92 Å². The van der Waals surface area contributed by atoms with Gasteiger partial charge in [-0.05, 0) is 80.3 Å². The Hall–Kier alpha value is -1.61. The van der Waals surface area contributed by atoms with Crippen LogP contribution in [0, 0.1) is 19.7 Å². The van der Waals surface area contributed by atoms with Gasteiger partial charge in [0.15, 0.2) is 0 Å². The highest BCUT2D eigenvalue weighted by Gasteiger charge is 2.33. The van der Waals surface area contributed by atoms with Crippen LogP contribution in [0.1, 0.15) is 42.0 Å². The summed E-state index contributed by atoms with van der Waals surface area (Å²) < 4.78 is 14.6. The van der Waals surface area contributed by atoms with Crippen LogP contribution in [-0.4, -0.2) is 12.6 Å². The van der Waals surface area contributed by atoms with Gasteiger partial charge in [0.1, 0.15) is 5.82 Å². The van der Waals surface area contributed by atoms with E-state index in [0.717, 1.165) is 52.8 Å². The normalized spacial score (nSPS) is 23.8. The quantitative estimate of drug-likeness (QED) is 0.760. The van der Waals surface area contributed by atoms with Crippen molar-refractivity contribution in [2.24, 2.45) is 5.73 Å². The number of halogens is 1. The Balaban J connectivity index is 2.38. The second-order valence-corrected chi connectivity index (χ2v) is 5.90. The summed E-state index contributed by atoms with van der Waals surface area (Å²) in [5.41, 5.74) is 13.2. The molecule has 3 N–H and O–H groups in total. The lowest BCUT2D eigenvalue weighted by Crippen LogP contribution is -2.38. The molecule has 106 valence electrons. The van der Waals surface area contributed by atoms with Gasteiger partial charge >= 0.3 is 0 Å². The Morgan fingerprint density at radius 1 is 1.30 bits per heavy atom. The number of aryl methyl sites for hydroxylation is 1. The molecule has 1 aliphatic carbocycles. The summed E-state index contributed by atoms with van der Waals surface area (Å²) >= 11 is 0. The van der Waals surface area contributed by atoms with Crippen molar-refractivity contribution in [1.82, 2.24) is 5.32 Å². The fraction of sp³-hybridized carbons (Fsp3) is 0.412. The maximum Gasteiger partial charge on any atom is 0.131 e. The molecule has 3 heteroatoms. The first-order chi connectivity index (χ1) is 9.54. The van der Waals surface area contributed by atoms with E-state index >= 15 is 0 Å². The first-order valence-electron chi connectivity index (χ1n) is 7.18. The van der Waals surface area contributed by atoms with E-state index in [0.29, 0.717) is 0 Å². The van der Waals surface area contributed by atoms with Crippen LogP contribution in [0.4, 0.5) is 4.39 Å². The van der Waals surface area contributed by atoms with Crippen LogP contribution in [0.3, 0.4) is 0 Å². The van der Waals surface area contributed by atoms with Gasteiger partial charge in [0.05, 0.1) is 0 Å². The van der Waals surface area contributed by atoms with E-state index in [-0.39, 0.29) is 11.9 Å². The molecule has 1 heterocycles. The molecule has 0 bridgehead atoms. The monoisotopic (exact) mass is 272 g/mol. The third-order valence-corrected chi connectivity index (χ3v) is 4.71. The first-order valence-corrected chi connectivity index (χ1v) is 7.18. The Morgan fingerprint density at radius 3 is 2.75 bits per heavy atom. The lowest BCUT2D eigenvalue weighted by atomic mass is 9.74. The minimum atomic E-state index is -0.120. The van der Waals surface area contributed by atoms with E-state index in [4.69, 9.17) is 5.73 Å². The van der Waals surface area contributed by atoms with Crippen molar-refractivity contribution in [1.29, 1.82) is 0 Å². The largest absolute Gasteiger partial charge is 0.404 e. The Kier molecular flexibility index (Phi) is 3.17. The number of hydrogen-bond acceptors (Lipinski definition) is 2. The highest BCUT2D eigenvalue weighted by molar-refractivity contribution is 5.90. The van der Waals surface area contributed by atoms with Crippen molar-refractivity contribution in [3.05, 3.63) is 45.9 Å². The maximum atomic E-state index is 14.6. The number of hydrogen-bond donors (Lipinski definition) is 2. The molecule has 0 spiro atoms. The molecule has 3 rings (SSSR count). The molecule has 1 atom stereocenters. The molecule has 0 saturated carbocycles. The summed E-state index contributed by atoms with van der Waals surface area (Å²) in [5.74, 6) is -0.120. The average Bonchev–Trinajstić information content (AvgIpc) is 2.43. The van der Waals surface area contributed by atoms with Crippen LogP contribution in [0.5, 0.6) is 0 Å². The molecule has 2 nitrogen and oxygen atoms in total. The zero-order chi connectivity index (χ0) is 14.4. The van der Waals surface area contributed by atoms with Gasteiger partial charge in [0.25, 0.3) is 0 Å². The topological polar surface area (TPSA) is 38.0 Å². The van der Waals surface area contributed by atoms with Crippen molar-refractivity contribution in [2.75, 3.05) is 6.54 Å². The predicted molar refractivity (Wildman–Crippen MR) is 81.7 cm³/mol. The van der Waals surface area contributed by atoms with Gasteiger partial charge in [0.2, 0.25) is 0 Å². The van der Waals surface area contributed by atoms with E-state index in [1.165, 1.54) is 5.57 Å². The van der Waals surface area contributed by atoms with Crippen LogP contribution in [-0.2, 0) is 0 Å². The van der Waals surface area contributed by atoms with Gasteiger partial charge in [-0.1, -0.05) is 5.57 Å². The van der Waals surface area contributed by atoms with Gasteiger partial charge in [-0.3, -0.25) is 0 Å². The number of nitrogens with two attached hydrogens (primary N) is 1. The lowest BCUT2D eigenvalue weighted by molar-refractivity contribution is 0.566. The molecule has 0 fully saturated rings. The molecule has 20 heavy (non-hydrogen) atoms. The van der Waals surface area contributed by atoms with E-state index in [9.17, 15) is 4.39 Å². The number of rotatable bonds is 0. The minimum Gasteiger partial charge on any atom is -0.404 e. The maximum absolute atomic E-state index is 14.6. The van der Waals surface area contributed by atoms with E-state index in [2.05, 4.69) is 19.2 Å². The van der Waals surface area contributed by atoms with Crippen LogP contribution in [0.2, 0.25) is 0 Å². The smallest absolute Gasteiger partial charge is 0.131 e. The van der Waals surface area contributed by atoms with Crippen molar-refractivity contribution >= 4 is 11.1 Å². The minimum absolute atomic E-state index is 0.120. The average molecular weight is 272 g/mol. The first kappa shape index (κ1) is 13.4. The van der Waals surface area contributed by atoms with Crippen LogP contribution in [0.25, 0.3) is 11.1 Å². The zero-order valence-electron chi connectivity index (χ0n) is 12.3. The van der Waals surface area contributed by atoms with Gasteiger partial charge in [-0.15, -0.1) is 0 Å². The summed E-state index contributed by atoms with van der Waals surface area (Å²) in [6, 6.07) is 1.85. The zero-order valence-corrected chi connectivity index (χ0v) is 12.3. The SMILES string of the molecule is CC1=C2c3c(F)cc(C)c(C)c3/C(=C\N)CC2NCC1. The second-order valence-electron chi connectivity index (χ2n) is 5.90. The predicted octanol–water partition coefficient (Wildman–Crippen LogP) is 3.28. The number of nitrogens with one attached hydrogen (secondary N) is 1. The molecule has 2 aliphatic rings. The van der Waals surface area contributed by atoms with E-state index < -0.39 is 0 Å². The Bertz CT molecular complexity index is 641. The van der Waals surface area contributed by atoms with Gasteiger partial charge < -0.3 is 11.1 Å². The van der Waals surface area contributed by atoms with Gasteiger partial charge in [0, 0.05) is 11.6 Å². The summed E-state index contributed by atoms with van der Waals surface area (Å²) in [6.07, 6.45) is 3.48. The highest BCUT2D eigenvalue weighted by Crippen LogP contribution is 2.44. The summed E-state index contributed by atoms with van der Waals surface area (Å²) in [6.45, 7) is 7.10. The standard InChI is InChI=1S/C17H21FN2/c1-9-4-5-20-14-7-12(8-19)16-11(3)10(2)6-13(18)17(16)15(9)14/h6,8,14,20H,4-5,7,19H2,1-3H3/b12-8-.